The van der Waals surface area contributed by atoms with Gasteiger partial charge in [-0.15, -0.1) is 0 Å². The molecule has 80 valence electrons. The normalized spacial score (nSPS) is 30.1. The summed E-state index contributed by atoms with van der Waals surface area (Å²) >= 11 is 0. The van der Waals surface area contributed by atoms with E-state index in [1.54, 1.807) is 0 Å². The van der Waals surface area contributed by atoms with Gasteiger partial charge in [-0.1, -0.05) is 0 Å². The van der Waals surface area contributed by atoms with Crippen LogP contribution in [0.15, 0.2) is 0 Å². The quantitative estimate of drug-likeness (QED) is 0.636. The molecule has 0 aromatic carbocycles. The first kappa shape index (κ1) is 11.5. The molecule has 0 radical (unpaired) electrons. The zero-order valence-electron chi connectivity index (χ0n) is 9.53. The van der Waals surface area contributed by atoms with E-state index >= 15 is 0 Å². The van der Waals surface area contributed by atoms with E-state index in [0.29, 0.717) is 18.5 Å². The smallest absolute Gasteiger partial charge is 0.0622 e. The zero-order chi connectivity index (χ0) is 10.6. The van der Waals surface area contributed by atoms with E-state index in [2.05, 4.69) is 36.8 Å². The molecule has 1 rings (SSSR count). The first-order valence-corrected chi connectivity index (χ1v) is 5.46. The fraction of sp³-hybridized carbons (Fsp3) is 0.909. The van der Waals surface area contributed by atoms with Gasteiger partial charge in [-0.3, -0.25) is 4.90 Å². The van der Waals surface area contributed by atoms with Crippen molar-refractivity contribution in [2.45, 2.75) is 38.8 Å². The Labute approximate surface area is 87.3 Å². The summed E-state index contributed by atoms with van der Waals surface area (Å²) < 4.78 is 0. The Morgan fingerprint density at radius 2 is 1.86 bits per heavy atom. The van der Waals surface area contributed by atoms with Crippen LogP contribution in [0.5, 0.6) is 0 Å². The number of unbranched alkanes of at least 4 members (excludes halogenated alkanes) is 1. The largest absolute Gasteiger partial charge is 0.300 e. The summed E-state index contributed by atoms with van der Waals surface area (Å²) in [6.07, 6.45) is 1.70. The molecular formula is C11H21N3. The molecule has 2 atom stereocenters. The Balaban J connectivity index is 2.31. The van der Waals surface area contributed by atoms with Crippen LogP contribution < -0.4 is 0 Å². The molecule has 2 unspecified atom stereocenters. The van der Waals surface area contributed by atoms with Crippen LogP contribution in [0.25, 0.3) is 0 Å². The van der Waals surface area contributed by atoms with Gasteiger partial charge in [-0.25, -0.2) is 0 Å². The minimum Gasteiger partial charge on any atom is -0.300 e. The molecule has 0 saturated carbocycles. The maximum absolute atomic E-state index is 8.47. The fourth-order valence-corrected chi connectivity index (χ4v) is 2.08. The van der Waals surface area contributed by atoms with Crippen LogP contribution in [0.1, 0.15) is 26.7 Å². The van der Waals surface area contributed by atoms with Crippen molar-refractivity contribution in [3.63, 3.8) is 0 Å². The van der Waals surface area contributed by atoms with Gasteiger partial charge in [-0.05, 0) is 33.9 Å². The van der Waals surface area contributed by atoms with Gasteiger partial charge >= 0.3 is 0 Å². The Hall–Kier alpha value is -0.590. The van der Waals surface area contributed by atoms with Crippen molar-refractivity contribution in [1.82, 2.24) is 9.80 Å². The van der Waals surface area contributed by atoms with Crippen LogP contribution in [0.2, 0.25) is 0 Å². The number of nitriles is 1. The Morgan fingerprint density at radius 1 is 1.29 bits per heavy atom. The molecule has 0 amide bonds. The Kier molecular flexibility index (Phi) is 4.37. The highest BCUT2D eigenvalue weighted by molar-refractivity contribution is 4.83. The molecule has 0 N–H and O–H groups in total. The van der Waals surface area contributed by atoms with Crippen molar-refractivity contribution >= 4 is 0 Å². The summed E-state index contributed by atoms with van der Waals surface area (Å²) in [4.78, 5) is 4.91. The predicted molar refractivity (Wildman–Crippen MR) is 58.0 cm³/mol. The van der Waals surface area contributed by atoms with Crippen molar-refractivity contribution in [2.24, 2.45) is 0 Å². The molecule has 0 aromatic rings. The fourth-order valence-electron chi connectivity index (χ4n) is 2.08. The second kappa shape index (κ2) is 5.33. The Morgan fingerprint density at radius 3 is 2.36 bits per heavy atom. The van der Waals surface area contributed by atoms with E-state index in [0.717, 1.165) is 26.1 Å². The highest BCUT2D eigenvalue weighted by Gasteiger charge is 2.25. The summed E-state index contributed by atoms with van der Waals surface area (Å²) in [6, 6.07) is 3.48. The summed E-state index contributed by atoms with van der Waals surface area (Å²) in [5.74, 6) is 0. The predicted octanol–water partition coefficient (Wildman–Crippen LogP) is 1.31. The van der Waals surface area contributed by atoms with E-state index < -0.39 is 0 Å². The summed E-state index contributed by atoms with van der Waals surface area (Å²) in [6.45, 7) is 7.91. The van der Waals surface area contributed by atoms with Gasteiger partial charge in [0.25, 0.3) is 0 Å². The van der Waals surface area contributed by atoms with Crippen LogP contribution in [0.3, 0.4) is 0 Å². The van der Waals surface area contributed by atoms with E-state index in [9.17, 15) is 0 Å². The topological polar surface area (TPSA) is 30.3 Å². The lowest BCUT2D eigenvalue weighted by Gasteiger charge is -2.42. The van der Waals surface area contributed by atoms with Gasteiger partial charge in [0.2, 0.25) is 0 Å². The van der Waals surface area contributed by atoms with Gasteiger partial charge in [0.15, 0.2) is 0 Å². The monoisotopic (exact) mass is 195 g/mol. The highest BCUT2D eigenvalue weighted by atomic mass is 15.3. The lowest BCUT2D eigenvalue weighted by molar-refractivity contribution is 0.0597. The number of rotatable bonds is 3. The van der Waals surface area contributed by atoms with E-state index in [1.165, 1.54) is 0 Å². The molecule has 3 nitrogen and oxygen atoms in total. The molecular weight excluding hydrogens is 174 g/mol. The second-order valence-electron chi connectivity index (χ2n) is 4.38. The van der Waals surface area contributed by atoms with Crippen LogP contribution in [0.4, 0.5) is 0 Å². The van der Waals surface area contributed by atoms with Crippen LogP contribution in [-0.4, -0.2) is 48.6 Å². The number of piperazine rings is 1. The molecule has 0 aliphatic carbocycles. The first-order valence-electron chi connectivity index (χ1n) is 5.46. The maximum Gasteiger partial charge on any atom is 0.0622 e. The average molecular weight is 195 g/mol. The lowest BCUT2D eigenvalue weighted by Crippen LogP contribution is -2.54. The molecule has 1 heterocycles. The second-order valence-corrected chi connectivity index (χ2v) is 4.38. The van der Waals surface area contributed by atoms with Gasteiger partial charge in [-0.2, -0.15) is 5.26 Å². The summed E-state index contributed by atoms with van der Waals surface area (Å²) in [5.41, 5.74) is 0. The van der Waals surface area contributed by atoms with Gasteiger partial charge in [0.05, 0.1) is 6.07 Å². The average Bonchev–Trinajstić information content (AvgIpc) is 2.14. The van der Waals surface area contributed by atoms with Crippen LogP contribution in [-0.2, 0) is 0 Å². The summed E-state index contributed by atoms with van der Waals surface area (Å²) in [7, 11) is 2.20. The molecule has 0 spiro atoms. The molecule has 3 heteroatoms. The van der Waals surface area contributed by atoms with Gasteiger partial charge < -0.3 is 4.90 Å². The van der Waals surface area contributed by atoms with Gasteiger partial charge in [0.1, 0.15) is 0 Å². The third kappa shape index (κ3) is 2.97. The third-order valence-electron chi connectivity index (χ3n) is 3.20. The lowest BCUT2D eigenvalue weighted by atomic mass is 10.1. The van der Waals surface area contributed by atoms with E-state index in [1.807, 2.05) is 0 Å². The van der Waals surface area contributed by atoms with E-state index in [4.69, 9.17) is 5.26 Å². The van der Waals surface area contributed by atoms with Crippen molar-refractivity contribution in [3.8, 4) is 6.07 Å². The van der Waals surface area contributed by atoms with Crippen LogP contribution in [0, 0.1) is 11.3 Å². The molecule has 0 aromatic heterocycles. The first-order chi connectivity index (χ1) is 6.65. The molecule has 14 heavy (non-hydrogen) atoms. The number of nitrogens with zero attached hydrogens (tertiary/aromatic N) is 3. The Bertz CT molecular complexity index is 197. The summed E-state index contributed by atoms with van der Waals surface area (Å²) in [5, 5.41) is 8.47. The van der Waals surface area contributed by atoms with Crippen molar-refractivity contribution < 1.29 is 0 Å². The number of likely N-dealkylation sites (N-methyl/N-ethyl adjacent to an activating group) is 1. The standard InChI is InChI=1S/C11H21N3/c1-10-8-14(7-5-4-6-12)9-11(2)13(10)3/h10-11H,4-5,7-9H2,1-3H3. The minimum atomic E-state index is 0.640. The number of hydrogen-bond donors (Lipinski definition) is 0. The van der Waals surface area contributed by atoms with E-state index in [-0.39, 0.29) is 0 Å². The molecule has 0 bridgehead atoms. The maximum atomic E-state index is 8.47. The SMILES string of the molecule is CC1CN(CCCC#N)CC(C)N1C. The molecule has 1 fully saturated rings. The van der Waals surface area contributed by atoms with Crippen molar-refractivity contribution in [3.05, 3.63) is 0 Å². The van der Waals surface area contributed by atoms with Crippen LogP contribution >= 0.6 is 0 Å². The number of hydrogen-bond acceptors (Lipinski definition) is 3. The molecule has 1 aliphatic heterocycles. The van der Waals surface area contributed by atoms with Crippen molar-refractivity contribution in [2.75, 3.05) is 26.7 Å². The van der Waals surface area contributed by atoms with Crippen molar-refractivity contribution in [1.29, 1.82) is 5.26 Å². The molecule has 1 aliphatic rings. The zero-order valence-corrected chi connectivity index (χ0v) is 9.53. The highest BCUT2D eigenvalue weighted by Crippen LogP contribution is 2.13. The molecule has 1 saturated heterocycles. The van der Waals surface area contributed by atoms with Gasteiger partial charge in [0, 0.05) is 31.6 Å². The minimum absolute atomic E-state index is 0.640. The third-order valence-corrected chi connectivity index (χ3v) is 3.20.